The Kier molecular flexibility index (Phi) is 3.54. The van der Waals surface area contributed by atoms with E-state index < -0.39 is 23.3 Å². The number of fused-ring (bicyclic) bond motifs is 1. The predicted molar refractivity (Wildman–Crippen MR) is 79.4 cm³/mol. The molecule has 0 radical (unpaired) electrons. The molecule has 0 aliphatic rings. The first-order chi connectivity index (χ1) is 11.2. The molecule has 3 aromatic heterocycles. The van der Waals surface area contributed by atoms with Crippen LogP contribution in [0.15, 0.2) is 18.5 Å². The van der Waals surface area contributed by atoms with Crippen LogP contribution >= 0.6 is 0 Å². The summed E-state index contributed by atoms with van der Waals surface area (Å²) in [6.45, 7) is 1.78. The fraction of sp³-hybridized carbons (Fsp3) is 0.286. The van der Waals surface area contributed by atoms with Crippen molar-refractivity contribution >= 4 is 22.6 Å². The minimum Gasteiger partial charge on any atom is -0.320 e. The van der Waals surface area contributed by atoms with E-state index in [2.05, 4.69) is 20.5 Å². The van der Waals surface area contributed by atoms with Gasteiger partial charge < -0.3 is 5.32 Å². The molecule has 3 rings (SSSR count). The molecule has 1 amide bonds. The third kappa shape index (κ3) is 2.70. The van der Waals surface area contributed by atoms with Gasteiger partial charge >= 0.3 is 6.18 Å². The van der Waals surface area contributed by atoms with Crippen LogP contribution in [-0.2, 0) is 20.3 Å². The Morgan fingerprint density at radius 2 is 1.96 bits per heavy atom. The first-order valence-corrected chi connectivity index (χ1v) is 6.88. The minimum atomic E-state index is -4.71. The molecule has 10 heteroatoms. The van der Waals surface area contributed by atoms with Crippen molar-refractivity contribution in [2.45, 2.75) is 13.1 Å². The molecule has 3 heterocycles. The third-order valence-corrected chi connectivity index (χ3v) is 3.46. The molecule has 0 fully saturated rings. The number of hydrogen-bond donors (Lipinski definition) is 1. The van der Waals surface area contributed by atoms with Crippen molar-refractivity contribution in [1.82, 2.24) is 24.5 Å². The van der Waals surface area contributed by atoms with Crippen LogP contribution in [0, 0.1) is 6.92 Å². The van der Waals surface area contributed by atoms with E-state index in [1.807, 2.05) is 0 Å². The lowest BCUT2D eigenvalue weighted by Gasteiger charge is -2.07. The van der Waals surface area contributed by atoms with Gasteiger partial charge in [-0.3, -0.25) is 14.2 Å². The summed E-state index contributed by atoms with van der Waals surface area (Å²) in [7, 11) is 3.05. The van der Waals surface area contributed by atoms with Crippen molar-refractivity contribution in [3.05, 3.63) is 35.4 Å². The molecule has 0 spiro atoms. The number of anilines is 1. The standard InChI is InChI=1S/C14H13F3N6O/c1-7-9-4-8(5-18-12(9)23(3)20-7)19-13(24)10-6-22(2)21-11(10)14(15,16)17/h4-6H,1-3H3,(H,19,24). The molecule has 1 N–H and O–H groups in total. The Labute approximate surface area is 134 Å². The highest BCUT2D eigenvalue weighted by atomic mass is 19.4. The van der Waals surface area contributed by atoms with Gasteiger partial charge in [0.05, 0.1) is 23.1 Å². The van der Waals surface area contributed by atoms with Crippen LogP contribution < -0.4 is 5.32 Å². The van der Waals surface area contributed by atoms with Crippen molar-refractivity contribution in [1.29, 1.82) is 0 Å². The number of aryl methyl sites for hydroxylation is 3. The first-order valence-electron chi connectivity index (χ1n) is 6.88. The normalized spacial score (nSPS) is 11.9. The molecule has 0 saturated carbocycles. The number of pyridine rings is 1. The molecule has 0 atom stereocenters. The molecule has 0 aliphatic carbocycles. The number of halogens is 3. The summed E-state index contributed by atoms with van der Waals surface area (Å²) in [6, 6.07) is 1.62. The average Bonchev–Trinajstić information content (AvgIpc) is 3.00. The lowest BCUT2D eigenvalue weighted by atomic mass is 10.2. The molecular formula is C14H13F3N6O. The number of nitrogens with one attached hydrogen (secondary N) is 1. The van der Waals surface area contributed by atoms with Crippen LogP contribution in [0.3, 0.4) is 0 Å². The smallest absolute Gasteiger partial charge is 0.320 e. The summed E-state index contributed by atoms with van der Waals surface area (Å²) in [5.41, 5.74) is -0.181. The maximum Gasteiger partial charge on any atom is 0.435 e. The molecule has 0 aliphatic heterocycles. The van der Waals surface area contributed by atoms with Crippen LogP contribution in [0.5, 0.6) is 0 Å². The van der Waals surface area contributed by atoms with Gasteiger partial charge in [-0.15, -0.1) is 0 Å². The highest BCUT2D eigenvalue weighted by Gasteiger charge is 2.39. The third-order valence-electron chi connectivity index (χ3n) is 3.46. The van der Waals surface area contributed by atoms with E-state index in [4.69, 9.17) is 0 Å². The number of carbonyl (C=O) groups is 1. The SMILES string of the molecule is Cc1nn(C)c2ncc(NC(=O)c3cn(C)nc3C(F)(F)F)cc12. The minimum absolute atomic E-state index is 0.278. The molecule has 0 aromatic carbocycles. The Balaban J connectivity index is 1.95. The fourth-order valence-electron chi connectivity index (χ4n) is 2.44. The van der Waals surface area contributed by atoms with Crippen LogP contribution in [0.4, 0.5) is 18.9 Å². The van der Waals surface area contributed by atoms with Crippen LogP contribution in [0.25, 0.3) is 11.0 Å². The van der Waals surface area contributed by atoms with Gasteiger partial charge in [-0.2, -0.15) is 23.4 Å². The first kappa shape index (κ1) is 16.0. The molecule has 0 saturated heterocycles. The molecular weight excluding hydrogens is 325 g/mol. The number of amides is 1. The van der Waals surface area contributed by atoms with E-state index in [0.29, 0.717) is 16.7 Å². The summed E-state index contributed by atoms with van der Waals surface area (Å²) in [6.07, 6.45) is -2.32. The van der Waals surface area contributed by atoms with Crippen molar-refractivity contribution in [2.24, 2.45) is 14.1 Å². The number of hydrogen-bond acceptors (Lipinski definition) is 4. The van der Waals surface area contributed by atoms with Crippen LogP contribution in [0.1, 0.15) is 21.7 Å². The second kappa shape index (κ2) is 5.32. The highest BCUT2D eigenvalue weighted by molar-refractivity contribution is 6.05. The number of carbonyl (C=O) groups excluding carboxylic acids is 1. The molecule has 3 aromatic rings. The van der Waals surface area contributed by atoms with Crippen molar-refractivity contribution in [3.8, 4) is 0 Å². The van der Waals surface area contributed by atoms with Gasteiger partial charge in [-0.25, -0.2) is 4.98 Å². The van der Waals surface area contributed by atoms with Gasteiger partial charge in [0.25, 0.3) is 5.91 Å². The van der Waals surface area contributed by atoms with E-state index in [-0.39, 0.29) is 5.69 Å². The summed E-state index contributed by atoms with van der Waals surface area (Å²) < 4.78 is 41.4. The number of rotatable bonds is 2. The molecule has 126 valence electrons. The Morgan fingerprint density at radius 1 is 1.25 bits per heavy atom. The van der Waals surface area contributed by atoms with E-state index in [9.17, 15) is 18.0 Å². The summed E-state index contributed by atoms with van der Waals surface area (Å²) in [5.74, 6) is -0.905. The van der Waals surface area contributed by atoms with Gasteiger partial charge in [0.15, 0.2) is 11.3 Å². The number of nitrogens with zero attached hydrogens (tertiary/aromatic N) is 5. The Morgan fingerprint density at radius 3 is 2.62 bits per heavy atom. The summed E-state index contributed by atoms with van der Waals surface area (Å²) >= 11 is 0. The van der Waals surface area contributed by atoms with Crippen molar-refractivity contribution in [2.75, 3.05) is 5.32 Å². The maximum absolute atomic E-state index is 12.9. The average molecular weight is 338 g/mol. The maximum atomic E-state index is 12.9. The monoisotopic (exact) mass is 338 g/mol. The van der Waals surface area contributed by atoms with E-state index in [1.165, 1.54) is 13.2 Å². The second-order valence-electron chi connectivity index (χ2n) is 5.32. The lowest BCUT2D eigenvalue weighted by molar-refractivity contribution is -0.141. The van der Waals surface area contributed by atoms with Crippen molar-refractivity contribution < 1.29 is 18.0 Å². The number of alkyl halides is 3. The van der Waals surface area contributed by atoms with E-state index in [1.54, 1.807) is 24.7 Å². The summed E-state index contributed by atoms with van der Waals surface area (Å²) in [4.78, 5) is 16.4. The van der Waals surface area contributed by atoms with E-state index >= 15 is 0 Å². The highest BCUT2D eigenvalue weighted by Crippen LogP contribution is 2.31. The zero-order valence-corrected chi connectivity index (χ0v) is 13.0. The Hall–Kier alpha value is -2.91. The zero-order valence-electron chi connectivity index (χ0n) is 13.0. The van der Waals surface area contributed by atoms with Crippen LogP contribution in [-0.4, -0.2) is 30.5 Å². The van der Waals surface area contributed by atoms with Gasteiger partial charge in [-0.1, -0.05) is 0 Å². The van der Waals surface area contributed by atoms with E-state index in [0.717, 1.165) is 10.9 Å². The van der Waals surface area contributed by atoms with Gasteiger partial charge in [0.1, 0.15) is 0 Å². The topological polar surface area (TPSA) is 77.6 Å². The van der Waals surface area contributed by atoms with Gasteiger partial charge in [-0.05, 0) is 13.0 Å². The molecule has 7 nitrogen and oxygen atoms in total. The van der Waals surface area contributed by atoms with Gasteiger partial charge in [0, 0.05) is 25.7 Å². The largest absolute Gasteiger partial charge is 0.435 e. The predicted octanol–water partition coefficient (Wildman–Crippen LogP) is 2.28. The lowest BCUT2D eigenvalue weighted by Crippen LogP contribution is -2.17. The van der Waals surface area contributed by atoms with Gasteiger partial charge in [0.2, 0.25) is 0 Å². The quantitative estimate of drug-likeness (QED) is 0.778. The molecule has 24 heavy (non-hydrogen) atoms. The zero-order chi connectivity index (χ0) is 17.6. The molecule has 0 unspecified atom stereocenters. The summed E-state index contributed by atoms with van der Waals surface area (Å²) in [5, 5.41) is 10.6. The van der Waals surface area contributed by atoms with Crippen LogP contribution in [0.2, 0.25) is 0 Å². The van der Waals surface area contributed by atoms with Crippen molar-refractivity contribution in [3.63, 3.8) is 0 Å². The fourth-order valence-corrected chi connectivity index (χ4v) is 2.44. The number of aromatic nitrogens is 5. The Bertz CT molecular complexity index is 940. The second-order valence-corrected chi connectivity index (χ2v) is 5.32. The molecule has 0 bridgehead atoms.